The topological polar surface area (TPSA) is 101 Å². The van der Waals surface area contributed by atoms with Crippen molar-refractivity contribution in [3.8, 4) is 0 Å². The lowest BCUT2D eigenvalue weighted by Gasteiger charge is -2.24. The van der Waals surface area contributed by atoms with E-state index < -0.39 is 5.41 Å². The first-order chi connectivity index (χ1) is 8.87. The van der Waals surface area contributed by atoms with Crippen LogP contribution in [0.15, 0.2) is 28.0 Å². The number of aryl methyl sites for hydroxylation is 1. The van der Waals surface area contributed by atoms with Crippen molar-refractivity contribution in [3.63, 3.8) is 0 Å². The third-order valence-electron chi connectivity index (χ3n) is 3.10. The minimum atomic E-state index is -1.03. The molecule has 0 bridgehead atoms. The van der Waals surface area contributed by atoms with Crippen molar-refractivity contribution in [2.45, 2.75) is 39.7 Å². The maximum absolute atomic E-state index is 12.0. The maximum atomic E-state index is 12.0. The fourth-order valence-corrected chi connectivity index (χ4v) is 1.53. The van der Waals surface area contributed by atoms with Crippen LogP contribution >= 0.6 is 0 Å². The molecule has 4 N–H and O–H groups in total. The Hall–Kier alpha value is -1.98. The Morgan fingerprint density at radius 3 is 2.84 bits per heavy atom. The molecule has 6 nitrogen and oxygen atoms in total. The van der Waals surface area contributed by atoms with Gasteiger partial charge >= 0.3 is 0 Å². The molecule has 1 atom stereocenters. The Bertz CT molecular complexity index is 438. The summed E-state index contributed by atoms with van der Waals surface area (Å²) in [6.45, 7) is 5.12. The highest BCUT2D eigenvalue weighted by molar-refractivity contribution is 6.05. The Kier molecular flexibility index (Phi) is 4.97. The zero-order valence-electron chi connectivity index (χ0n) is 11.5. The molecule has 106 valence electrons. The molecule has 1 aromatic rings. The average molecular weight is 267 g/mol. The minimum Gasteiger partial charge on any atom is -0.469 e. The number of carbonyl (C=O) groups excluding carboxylic acids is 1. The van der Waals surface area contributed by atoms with Gasteiger partial charge < -0.3 is 20.7 Å². The molecule has 1 rings (SSSR count). The normalized spacial score (nSPS) is 14.2. The molecule has 1 heterocycles. The summed E-state index contributed by atoms with van der Waals surface area (Å²) in [5, 5.41) is 14.4. The number of oxime groups is 1. The number of hydrogen-bond donors (Lipinski definition) is 3. The highest BCUT2D eigenvalue weighted by Gasteiger charge is 2.33. The van der Waals surface area contributed by atoms with E-state index in [9.17, 15) is 4.79 Å². The summed E-state index contributed by atoms with van der Waals surface area (Å²) in [6.07, 6.45) is 3.13. The molecule has 1 unspecified atom stereocenters. The molecule has 0 spiro atoms. The Balaban J connectivity index is 2.48. The van der Waals surface area contributed by atoms with Crippen LogP contribution in [0, 0.1) is 5.41 Å². The third-order valence-corrected chi connectivity index (χ3v) is 3.10. The second kappa shape index (κ2) is 6.26. The summed E-state index contributed by atoms with van der Waals surface area (Å²) in [4.78, 5) is 12.0. The van der Waals surface area contributed by atoms with Crippen molar-refractivity contribution >= 4 is 11.7 Å². The molecular weight excluding hydrogens is 246 g/mol. The van der Waals surface area contributed by atoms with Crippen LogP contribution in [0.1, 0.15) is 33.0 Å². The van der Waals surface area contributed by atoms with Gasteiger partial charge in [-0.15, -0.1) is 0 Å². The minimum absolute atomic E-state index is 0.0247. The molecule has 0 saturated heterocycles. The lowest BCUT2D eigenvalue weighted by atomic mass is 9.90. The fraction of sp³-hybridized carbons (Fsp3) is 0.538. The molecule has 0 fully saturated rings. The van der Waals surface area contributed by atoms with Gasteiger partial charge in [-0.1, -0.05) is 5.16 Å². The number of nitrogens with one attached hydrogen (secondary N) is 1. The van der Waals surface area contributed by atoms with Gasteiger partial charge in [0.1, 0.15) is 11.2 Å². The first-order valence-electron chi connectivity index (χ1n) is 6.19. The van der Waals surface area contributed by atoms with Crippen molar-refractivity contribution in [2.75, 3.05) is 0 Å². The van der Waals surface area contributed by atoms with E-state index in [2.05, 4.69) is 10.5 Å². The summed E-state index contributed by atoms with van der Waals surface area (Å²) in [7, 11) is 0. The van der Waals surface area contributed by atoms with Crippen LogP contribution in [-0.2, 0) is 11.2 Å². The van der Waals surface area contributed by atoms with Gasteiger partial charge in [0.15, 0.2) is 5.84 Å². The molecule has 1 amide bonds. The predicted octanol–water partition coefficient (Wildman–Crippen LogP) is 1.49. The van der Waals surface area contributed by atoms with Crippen LogP contribution in [0.3, 0.4) is 0 Å². The molecule has 0 aromatic carbocycles. The lowest BCUT2D eigenvalue weighted by molar-refractivity contribution is -0.127. The van der Waals surface area contributed by atoms with E-state index in [1.54, 1.807) is 20.1 Å². The molecule has 19 heavy (non-hydrogen) atoms. The van der Waals surface area contributed by atoms with Crippen LogP contribution in [0.2, 0.25) is 0 Å². The Labute approximate surface area is 112 Å². The van der Waals surface area contributed by atoms with Crippen molar-refractivity contribution in [2.24, 2.45) is 16.3 Å². The van der Waals surface area contributed by atoms with E-state index in [4.69, 9.17) is 15.4 Å². The monoisotopic (exact) mass is 267 g/mol. The molecule has 0 aliphatic carbocycles. The third kappa shape index (κ3) is 4.01. The molecule has 0 aliphatic heterocycles. The first-order valence-corrected chi connectivity index (χ1v) is 6.19. The number of nitrogens with zero attached hydrogens (tertiary/aromatic N) is 1. The molecule has 0 radical (unpaired) electrons. The second-order valence-corrected chi connectivity index (χ2v) is 5.10. The summed E-state index contributed by atoms with van der Waals surface area (Å²) in [6, 6.07) is 3.71. The number of rotatable bonds is 6. The summed E-state index contributed by atoms with van der Waals surface area (Å²) >= 11 is 0. The van der Waals surface area contributed by atoms with Crippen molar-refractivity contribution in [3.05, 3.63) is 24.2 Å². The number of nitrogens with two attached hydrogens (primary N) is 1. The SMILES string of the molecule is CC(CCc1ccco1)NC(=O)C(C)(C)C(N)=NO. The van der Waals surface area contributed by atoms with Crippen molar-refractivity contribution in [1.82, 2.24) is 5.32 Å². The zero-order chi connectivity index (χ0) is 14.5. The van der Waals surface area contributed by atoms with Gasteiger partial charge in [-0.2, -0.15) is 0 Å². The average Bonchev–Trinajstić information content (AvgIpc) is 2.88. The lowest BCUT2D eigenvalue weighted by Crippen LogP contribution is -2.48. The van der Waals surface area contributed by atoms with E-state index in [-0.39, 0.29) is 17.8 Å². The number of hydrogen-bond acceptors (Lipinski definition) is 4. The highest BCUT2D eigenvalue weighted by Crippen LogP contribution is 2.16. The number of carbonyl (C=O) groups is 1. The quantitative estimate of drug-likeness (QED) is 0.314. The highest BCUT2D eigenvalue weighted by atomic mass is 16.4. The van der Waals surface area contributed by atoms with Crippen LogP contribution in [-0.4, -0.2) is 23.0 Å². The van der Waals surface area contributed by atoms with E-state index in [0.717, 1.165) is 18.6 Å². The molecule has 0 saturated carbocycles. The Morgan fingerprint density at radius 2 is 2.32 bits per heavy atom. The summed E-state index contributed by atoms with van der Waals surface area (Å²) in [5.41, 5.74) is 4.47. The smallest absolute Gasteiger partial charge is 0.233 e. The second-order valence-electron chi connectivity index (χ2n) is 5.10. The van der Waals surface area contributed by atoms with Crippen molar-refractivity contribution < 1.29 is 14.4 Å². The largest absolute Gasteiger partial charge is 0.469 e. The molecule has 0 aliphatic rings. The van der Waals surface area contributed by atoms with Crippen molar-refractivity contribution in [1.29, 1.82) is 0 Å². The maximum Gasteiger partial charge on any atom is 0.233 e. The molecule has 6 heteroatoms. The molecular formula is C13H21N3O3. The van der Waals surface area contributed by atoms with Gasteiger partial charge in [0.2, 0.25) is 5.91 Å². The predicted molar refractivity (Wildman–Crippen MR) is 71.8 cm³/mol. The fourth-order valence-electron chi connectivity index (χ4n) is 1.53. The van der Waals surface area contributed by atoms with E-state index in [0.29, 0.717) is 0 Å². The zero-order valence-corrected chi connectivity index (χ0v) is 11.5. The van der Waals surface area contributed by atoms with Gasteiger partial charge in [0.25, 0.3) is 0 Å². The summed E-state index contributed by atoms with van der Waals surface area (Å²) < 4.78 is 5.23. The summed E-state index contributed by atoms with van der Waals surface area (Å²) in [5.74, 6) is 0.509. The van der Waals surface area contributed by atoms with E-state index >= 15 is 0 Å². The van der Waals surface area contributed by atoms with Gasteiger partial charge in [-0.05, 0) is 39.3 Å². The first kappa shape index (κ1) is 15.1. The van der Waals surface area contributed by atoms with Crippen LogP contribution in [0.25, 0.3) is 0 Å². The number of amides is 1. The number of furan rings is 1. The molecule has 1 aromatic heterocycles. The van der Waals surface area contributed by atoms with E-state index in [1.807, 2.05) is 19.1 Å². The Morgan fingerprint density at radius 1 is 1.63 bits per heavy atom. The van der Waals surface area contributed by atoms with Crippen LogP contribution in [0.4, 0.5) is 0 Å². The van der Waals surface area contributed by atoms with Gasteiger partial charge in [-0.3, -0.25) is 4.79 Å². The van der Waals surface area contributed by atoms with Gasteiger partial charge in [0, 0.05) is 12.5 Å². The standard InChI is InChI=1S/C13H21N3O3/c1-9(6-7-10-5-4-8-19-10)15-12(17)13(2,3)11(14)16-18/h4-5,8-9,18H,6-7H2,1-3H3,(H2,14,16)(H,15,17). The van der Waals surface area contributed by atoms with Gasteiger partial charge in [-0.25, -0.2) is 0 Å². The van der Waals surface area contributed by atoms with Crippen LogP contribution in [0.5, 0.6) is 0 Å². The van der Waals surface area contributed by atoms with Crippen LogP contribution < -0.4 is 11.1 Å². The van der Waals surface area contributed by atoms with Gasteiger partial charge in [0.05, 0.1) is 6.26 Å². The van der Waals surface area contributed by atoms with E-state index in [1.165, 1.54) is 0 Å². The number of amidine groups is 1.